The van der Waals surface area contributed by atoms with E-state index in [0.29, 0.717) is 16.9 Å². The van der Waals surface area contributed by atoms with Crippen molar-refractivity contribution in [2.45, 2.75) is 19.4 Å². The summed E-state index contributed by atoms with van der Waals surface area (Å²) in [7, 11) is -3.61. The first-order valence-corrected chi connectivity index (χ1v) is 12.5. The topological polar surface area (TPSA) is 69.7 Å². The lowest BCUT2D eigenvalue weighted by molar-refractivity contribution is 0.102. The van der Waals surface area contributed by atoms with Crippen molar-refractivity contribution in [1.82, 2.24) is 0 Å². The van der Waals surface area contributed by atoms with E-state index in [9.17, 15) is 13.2 Å². The summed E-state index contributed by atoms with van der Waals surface area (Å²) in [5.41, 5.74) is 3.31. The van der Waals surface area contributed by atoms with Crippen molar-refractivity contribution in [2.75, 3.05) is 33.9 Å². The molecule has 4 rings (SSSR count). The summed E-state index contributed by atoms with van der Waals surface area (Å²) < 4.78 is 26.5. The van der Waals surface area contributed by atoms with Gasteiger partial charge in [-0.15, -0.1) is 0 Å². The maximum absolute atomic E-state index is 13.1. The molecule has 0 saturated carbocycles. The van der Waals surface area contributed by atoms with Gasteiger partial charge in [0, 0.05) is 24.5 Å². The molecule has 6 nitrogen and oxygen atoms in total. The number of carbonyl (C=O) groups is 1. The standard InChI is InChI=1S/C25H27N3O3S/c1-32(30,31)28(19-20-9-3-2-4-10-20)24-12-6-5-11-23(24)25(29)26-21-13-15-22(16-14-21)27-17-7-8-18-27/h2-6,9-16H,7-8,17-19H2,1H3,(H,26,29). The van der Waals surface area contributed by atoms with Crippen LogP contribution in [0.5, 0.6) is 0 Å². The molecule has 3 aromatic carbocycles. The molecule has 32 heavy (non-hydrogen) atoms. The van der Waals surface area contributed by atoms with Gasteiger partial charge in [-0.05, 0) is 54.8 Å². The molecule has 0 atom stereocenters. The third kappa shape index (κ3) is 5.11. The second-order valence-corrected chi connectivity index (χ2v) is 9.87. The van der Waals surface area contributed by atoms with E-state index in [1.165, 1.54) is 17.1 Å². The number of sulfonamides is 1. The lowest BCUT2D eigenvalue weighted by atomic mass is 10.1. The summed E-state index contributed by atoms with van der Waals surface area (Å²) in [6.07, 6.45) is 3.56. The van der Waals surface area contributed by atoms with Gasteiger partial charge < -0.3 is 10.2 Å². The van der Waals surface area contributed by atoms with E-state index in [1.54, 1.807) is 24.3 Å². The number of benzene rings is 3. The lowest BCUT2D eigenvalue weighted by Gasteiger charge is -2.25. The molecule has 7 heteroatoms. The van der Waals surface area contributed by atoms with Crippen molar-refractivity contribution < 1.29 is 13.2 Å². The van der Waals surface area contributed by atoms with Gasteiger partial charge >= 0.3 is 0 Å². The highest BCUT2D eigenvalue weighted by atomic mass is 32.2. The molecule has 166 valence electrons. The van der Waals surface area contributed by atoms with Crippen LogP contribution in [0.3, 0.4) is 0 Å². The predicted octanol–water partition coefficient (Wildman–Crippen LogP) is 4.51. The van der Waals surface area contributed by atoms with Crippen molar-refractivity contribution in [3.63, 3.8) is 0 Å². The Kier molecular flexibility index (Phi) is 6.46. The van der Waals surface area contributed by atoms with Crippen molar-refractivity contribution in [2.24, 2.45) is 0 Å². The molecule has 0 unspecified atom stereocenters. The Hall–Kier alpha value is -3.32. The molecular weight excluding hydrogens is 422 g/mol. The Morgan fingerprint density at radius 1 is 0.906 bits per heavy atom. The summed E-state index contributed by atoms with van der Waals surface area (Å²) >= 11 is 0. The second kappa shape index (κ2) is 9.44. The molecule has 0 spiro atoms. The first-order chi connectivity index (χ1) is 15.4. The van der Waals surface area contributed by atoms with Gasteiger partial charge in [-0.25, -0.2) is 8.42 Å². The van der Waals surface area contributed by atoms with Crippen LogP contribution in [-0.4, -0.2) is 33.7 Å². The maximum Gasteiger partial charge on any atom is 0.257 e. The summed E-state index contributed by atoms with van der Waals surface area (Å²) in [5, 5.41) is 2.91. The van der Waals surface area contributed by atoms with Gasteiger partial charge in [-0.3, -0.25) is 9.10 Å². The van der Waals surface area contributed by atoms with Crippen LogP contribution < -0.4 is 14.5 Å². The molecule has 1 fully saturated rings. The average molecular weight is 450 g/mol. The van der Waals surface area contributed by atoms with Crippen molar-refractivity contribution in [1.29, 1.82) is 0 Å². The third-order valence-electron chi connectivity index (χ3n) is 5.58. The van der Waals surface area contributed by atoms with Gasteiger partial charge in [0.15, 0.2) is 0 Å². The lowest BCUT2D eigenvalue weighted by Crippen LogP contribution is -2.31. The SMILES string of the molecule is CS(=O)(=O)N(Cc1ccccc1)c1ccccc1C(=O)Nc1ccc(N2CCCC2)cc1. The predicted molar refractivity (Wildman–Crippen MR) is 130 cm³/mol. The fourth-order valence-corrected chi connectivity index (χ4v) is 4.84. The molecule has 1 aliphatic heterocycles. The fourth-order valence-electron chi connectivity index (χ4n) is 3.94. The molecule has 1 aliphatic rings. The summed E-state index contributed by atoms with van der Waals surface area (Å²) in [5.74, 6) is -0.351. The first kappa shape index (κ1) is 21.9. The Labute approximate surface area is 189 Å². The van der Waals surface area contributed by atoms with Crippen LogP contribution in [0.1, 0.15) is 28.8 Å². The van der Waals surface area contributed by atoms with Gasteiger partial charge in [0.25, 0.3) is 5.91 Å². The zero-order valence-electron chi connectivity index (χ0n) is 18.1. The van der Waals surface area contributed by atoms with Gasteiger partial charge in [0.1, 0.15) is 0 Å². The van der Waals surface area contributed by atoms with Crippen LogP contribution in [0.2, 0.25) is 0 Å². The van der Waals surface area contributed by atoms with Gasteiger partial charge in [0.05, 0.1) is 24.1 Å². The molecule has 1 N–H and O–H groups in total. The van der Waals surface area contributed by atoms with E-state index in [1.807, 2.05) is 54.6 Å². The highest BCUT2D eigenvalue weighted by molar-refractivity contribution is 7.92. The van der Waals surface area contributed by atoms with Crippen LogP contribution in [0.15, 0.2) is 78.9 Å². The molecule has 1 saturated heterocycles. The van der Waals surface area contributed by atoms with Crippen LogP contribution >= 0.6 is 0 Å². The molecular formula is C25H27N3O3S. The van der Waals surface area contributed by atoms with E-state index >= 15 is 0 Å². The van der Waals surface area contributed by atoms with Gasteiger partial charge in [-0.1, -0.05) is 42.5 Å². The molecule has 1 heterocycles. The molecule has 0 bridgehead atoms. The third-order valence-corrected chi connectivity index (χ3v) is 6.71. The van der Waals surface area contributed by atoms with Crippen LogP contribution in [0, 0.1) is 0 Å². The van der Waals surface area contributed by atoms with E-state index in [4.69, 9.17) is 0 Å². The minimum Gasteiger partial charge on any atom is -0.372 e. The zero-order chi connectivity index (χ0) is 22.6. The molecule has 3 aromatic rings. The zero-order valence-corrected chi connectivity index (χ0v) is 18.9. The number of rotatable bonds is 7. The number of carbonyl (C=O) groups excluding carboxylic acids is 1. The van der Waals surface area contributed by atoms with E-state index in [0.717, 1.165) is 30.6 Å². The number of amides is 1. The summed E-state index contributed by atoms with van der Waals surface area (Å²) in [6.45, 7) is 2.26. The number of nitrogens with one attached hydrogen (secondary N) is 1. The van der Waals surface area contributed by atoms with E-state index in [-0.39, 0.29) is 12.5 Å². The van der Waals surface area contributed by atoms with E-state index in [2.05, 4.69) is 10.2 Å². The molecule has 1 amide bonds. The average Bonchev–Trinajstić information content (AvgIpc) is 3.33. The Bertz CT molecular complexity index is 1170. The minimum atomic E-state index is -3.61. The monoisotopic (exact) mass is 449 g/mol. The molecule has 0 aliphatic carbocycles. The van der Waals surface area contributed by atoms with Crippen molar-refractivity contribution >= 4 is 33.0 Å². The van der Waals surface area contributed by atoms with Crippen LogP contribution in [0.25, 0.3) is 0 Å². The van der Waals surface area contributed by atoms with E-state index < -0.39 is 10.0 Å². The number of anilines is 3. The van der Waals surface area contributed by atoms with Crippen molar-refractivity contribution in [3.05, 3.63) is 90.0 Å². The summed E-state index contributed by atoms with van der Waals surface area (Å²) in [6, 6.07) is 23.9. The summed E-state index contributed by atoms with van der Waals surface area (Å²) in [4.78, 5) is 15.4. The highest BCUT2D eigenvalue weighted by Gasteiger charge is 2.23. The van der Waals surface area contributed by atoms with Gasteiger partial charge in [-0.2, -0.15) is 0 Å². The van der Waals surface area contributed by atoms with Crippen LogP contribution in [-0.2, 0) is 16.6 Å². The quantitative estimate of drug-likeness (QED) is 0.576. The van der Waals surface area contributed by atoms with Crippen LogP contribution in [0.4, 0.5) is 17.1 Å². The Balaban J connectivity index is 1.58. The first-order valence-electron chi connectivity index (χ1n) is 10.7. The fraction of sp³-hybridized carbons (Fsp3) is 0.240. The number of nitrogens with zero attached hydrogens (tertiary/aromatic N) is 2. The molecule has 0 aromatic heterocycles. The van der Waals surface area contributed by atoms with Crippen molar-refractivity contribution in [3.8, 4) is 0 Å². The normalized spacial score (nSPS) is 13.7. The Morgan fingerprint density at radius 3 is 2.19 bits per heavy atom. The second-order valence-electron chi connectivity index (χ2n) is 7.97. The maximum atomic E-state index is 13.1. The number of hydrogen-bond acceptors (Lipinski definition) is 4. The number of para-hydroxylation sites is 1. The number of hydrogen-bond donors (Lipinski definition) is 1. The van der Waals surface area contributed by atoms with Gasteiger partial charge in [0.2, 0.25) is 10.0 Å². The minimum absolute atomic E-state index is 0.147. The highest BCUT2D eigenvalue weighted by Crippen LogP contribution is 2.27. The molecule has 0 radical (unpaired) electrons. The Morgan fingerprint density at radius 2 is 1.53 bits per heavy atom. The largest absolute Gasteiger partial charge is 0.372 e. The smallest absolute Gasteiger partial charge is 0.257 e.